The van der Waals surface area contributed by atoms with Gasteiger partial charge in [0.2, 0.25) is 0 Å². The first-order valence-electron chi connectivity index (χ1n) is 20.6. The average Bonchev–Trinajstić information content (AvgIpc) is 3.07. The highest BCUT2D eigenvalue weighted by molar-refractivity contribution is 5.69. The molecule has 0 fully saturated rings. The molecule has 0 aliphatic heterocycles. The summed E-state index contributed by atoms with van der Waals surface area (Å²) in [5.74, 6) is -0.732. The molecule has 4 heteroatoms. The summed E-state index contributed by atoms with van der Waals surface area (Å²) in [5.41, 5.74) is 0. The zero-order valence-electron chi connectivity index (χ0n) is 31.8. The maximum atomic E-state index is 12.7. The summed E-state index contributed by atoms with van der Waals surface area (Å²) in [4.78, 5) is 23.4. The summed E-state index contributed by atoms with van der Waals surface area (Å²) >= 11 is 0. The van der Waals surface area contributed by atoms with Gasteiger partial charge in [0.15, 0.2) is 0 Å². The van der Waals surface area contributed by atoms with Gasteiger partial charge in [-0.05, 0) is 96.3 Å². The fourth-order valence-corrected chi connectivity index (χ4v) is 5.96. The first-order valence-corrected chi connectivity index (χ1v) is 20.6. The van der Waals surface area contributed by atoms with Gasteiger partial charge in [0.05, 0.1) is 0 Å². The number of rotatable bonds is 37. The lowest BCUT2D eigenvalue weighted by molar-refractivity contribution is -0.150. The Balaban J connectivity index is 4.05. The van der Waals surface area contributed by atoms with Crippen molar-refractivity contribution in [3.05, 3.63) is 48.6 Å². The lowest BCUT2D eigenvalue weighted by Gasteiger charge is -2.18. The standard InChI is InChI=1S/C44H78O4/c1-3-5-7-9-11-13-15-16-17-18-19-20-21-22-24-26-28-33-37-41-44(47)48-42(39-35-31-29-32-36-40-43(45)46)38-34-30-27-25-23-14-12-10-8-6-4-2/h11,13,16-17,19-20,25,27,42H,3-10,12,14-15,18,21-24,26,28-41H2,1-2H3,(H,45,46)/b13-11-,17-16-,20-19-,27-25-. The molecule has 1 unspecified atom stereocenters. The number of ether oxygens (including phenoxy) is 1. The molecular formula is C44H78O4. The van der Waals surface area contributed by atoms with Crippen molar-refractivity contribution in [3.63, 3.8) is 0 Å². The van der Waals surface area contributed by atoms with Crippen LogP contribution in [0.1, 0.15) is 213 Å². The Morgan fingerprint density at radius 3 is 1.40 bits per heavy atom. The molecule has 278 valence electrons. The molecule has 0 aliphatic carbocycles. The van der Waals surface area contributed by atoms with Crippen LogP contribution in [0.25, 0.3) is 0 Å². The van der Waals surface area contributed by atoms with Crippen LogP contribution in [0.3, 0.4) is 0 Å². The Hall–Kier alpha value is -2.10. The van der Waals surface area contributed by atoms with Gasteiger partial charge in [-0.1, -0.05) is 152 Å². The molecule has 1 N–H and O–H groups in total. The summed E-state index contributed by atoms with van der Waals surface area (Å²) < 4.78 is 5.98. The minimum absolute atomic E-state index is 0.0178. The lowest BCUT2D eigenvalue weighted by atomic mass is 10.0. The van der Waals surface area contributed by atoms with Gasteiger partial charge >= 0.3 is 11.9 Å². The van der Waals surface area contributed by atoms with E-state index in [0.29, 0.717) is 6.42 Å². The largest absolute Gasteiger partial charge is 0.481 e. The van der Waals surface area contributed by atoms with Crippen molar-refractivity contribution in [2.45, 2.75) is 219 Å². The second-order valence-electron chi connectivity index (χ2n) is 13.8. The van der Waals surface area contributed by atoms with Crippen LogP contribution in [-0.4, -0.2) is 23.1 Å². The number of unbranched alkanes of at least 4 members (excludes halogenated alkanes) is 20. The first kappa shape index (κ1) is 45.9. The summed E-state index contributed by atoms with van der Waals surface area (Å²) in [7, 11) is 0. The molecule has 0 radical (unpaired) electrons. The molecule has 0 aliphatic rings. The highest BCUT2D eigenvalue weighted by Crippen LogP contribution is 2.18. The van der Waals surface area contributed by atoms with E-state index in [2.05, 4.69) is 62.5 Å². The molecule has 0 amide bonds. The molecule has 4 nitrogen and oxygen atoms in total. The van der Waals surface area contributed by atoms with Crippen molar-refractivity contribution in [1.82, 2.24) is 0 Å². The van der Waals surface area contributed by atoms with E-state index in [-0.39, 0.29) is 18.5 Å². The van der Waals surface area contributed by atoms with E-state index in [9.17, 15) is 9.59 Å². The predicted molar refractivity (Wildman–Crippen MR) is 209 cm³/mol. The molecule has 0 heterocycles. The SMILES string of the molecule is CCCCC/C=C\C/C=C\C/C=C\CCCCCCCCC(=O)OC(CCC/C=C\CCCCCCCC)CCCCCCCC(=O)O. The van der Waals surface area contributed by atoms with E-state index in [1.807, 2.05) is 0 Å². The second kappa shape index (κ2) is 39.3. The highest BCUT2D eigenvalue weighted by Gasteiger charge is 2.14. The summed E-state index contributed by atoms with van der Waals surface area (Å²) in [6, 6.07) is 0. The first-order chi connectivity index (χ1) is 23.6. The number of carbonyl (C=O) groups is 2. The Morgan fingerprint density at radius 2 is 0.833 bits per heavy atom. The molecule has 48 heavy (non-hydrogen) atoms. The van der Waals surface area contributed by atoms with Gasteiger partial charge in [0.25, 0.3) is 0 Å². The molecule has 0 aromatic carbocycles. The summed E-state index contributed by atoms with van der Waals surface area (Å²) in [6.07, 6.45) is 52.7. The van der Waals surface area contributed by atoms with Gasteiger partial charge < -0.3 is 9.84 Å². The van der Waals surface area contributed by atoms with E-state index in [0.717, 1.165) is 89.9 Å². The fraction of sp³-hybridized carbons (Fsp3) is 0.773. The predicted octanol–water partition coefficient (Wildman–Crippen LogP) is 14.3. The number of allylic oxidation sites excluding steroid dienone is 8. The van der Waals surface area contributed by atoms with Crippen molar-refractivity contribution in [3.8, 4) is 0 Å². The van der Waals surface area contributed by atoms with Crippen molar-refractivity contribution < 1.29 is 19.4 Å². The fourth-order valence-electron chi connectivity index (χ4n) is 5.96. The van der Waals surface area contributed by atoms with E-state index in [4.69, 9.17) is 9.84 Å². The zero-order valence-corrected chi connectivity index (χ0v) is 31.8. The monoisotopic (exact) mass is 671 g/mol. The van der Waals surface area contributed by atoms with Crippen LogP contribution in [0.4, 0.5) is 0 Å². The van der Waals surface area contributed by atoms with E-state index in [1.165, 1.54) is 96.3 Å². The van der Waals surface area contributed by atoms with Crippen molar-refractivity contribution in [1.29, 1.82) is 0 Å². The van der Waals surface area contributed by atoms with E-state index < -0.39 is 5.97 Å². The van der Waals surface area contributed by atoms with Gasteiger partial charge in [-0.2, -0.15) is 0 Å². The van der Waals surface area contributed by atoms with Gasteiger partial charge in [-0.25, -0.2) is 0 Å². The van der Waals surface area contributed by atoms with Crippen LogP contribution in [0.5, 0.6) is 0 Å². The third-order valence-electron chi connectivity index (χ3n) is 9.02. The van der Waals surface area contributed by atoms with Crippen LogP contribution in [0.2, 0.25) is 0 Å². The number of carboxylic acids is 1. The van der Waals surface area contributed by atoms with Crippen molar-refractivity contribution >= 4 is 11.9 Å². The van der Waals surface area contributed by atoms with Crippen LogP contribution < -0.4 is 0 Å². The maximum Gasteiger partial charge on any atom is 0.306 e. The van der Waals surface area contributed by atoms with Gasteiger partial charge in [0.1, 0.15) is 6.10 Å². The molecule has 0 saturated heterocycles. The molecule has 0 rings (SSSR count). The minimum Gasteiger partial charge on any atom is -0.481 e. The Bertz CT molecular complexity index is 809. The number of aliphatic carboxylic acids is 1. The molecule has 0 aromatic rings. The number of carboxylic acid groups (broad SMARTS) is 1. The number of hydrogen-bond acceptors (Lipinski definition) is 3. The van der Waals surface area contributed by atoms with E-state index in [1.54, 1.807) is 0 Å². The second-order valence-corrected chi connectivity index (χ2v) is 13.8. The molecular weight excluding hydrogens is 592 g/mol. The third kappa shape index (κ3) is 38.3. The van der Waals surface area contributed by atoms with Gasteiger partial charge in [-0.15, -0.1) is 0 Å². The van der Waals surface area contributed by atoms with Crippen LogP contribution in [0, 0.1) is 0 Å². The summed E-state index contributed by atoms with van der Waals surface area (Å²) in [5, 5.41) is 8.82. The molecule has 1 atom stereocenters. The smallest absolute Gasteiger partial charge is 0.306 e. The molecule has 0 bridgehead atoms. The topological polar surface area (TPSA) is 63.6 Å². The Morgan fingerprint density at radius 1 is 0.458 bits per heavy atom. The average molecular weight is 671 g/mol. The number of hydrogen-bond donors (Lipinski definition) is 1. The summed E-state index contributed by atoms with van der Waals surface area (Å²) in [6.45, 7) is 4.51. The quantitative estimate of drug-likeness (QED) is 0.0406. The number of esters is 1. The molecule has 0 spiro atoms. The normalized spacial score (nSPS) is 12.7. The van der Waals surface area contributed by atoms with Gasteiger partial charge in [-0.3, -0.25) is 9.59 Å². The Labute approximate surface area is 298 Å². The minimum atomic E-state index is -0.707. The lowest BCUT2D eigenvalue weighted by Crippen LogP contribution is -2.18. The van der Waals surface area contributed by atoms with Crippen molar-refractivity contribution in [2.24, 2.45) is 0 Å². The maximum absolute atomic E-state index is 12.7. The Kier molecular flexibility index (Phi) is 37.6. The molecule has 0 saturated carbocycles. The number of carbonyl (C=O) groups excluding carboxylic acids is 1. The van der Waals surface area contributed by atoms with Crippen LogP contribution >= 0.6 is 0 Å². The van der Waals surface area contributed by atoms with Crippen molar-refractivity contribution in [2.75, 3.05) is 0 Å². The third-order valence-corrected chi connectivity index (χ3v) is 9.02. The van der Waals surface area contributed by atoms with Gasteiger partial charge in [0, 0.05) is 12.8 Å². The molecule has 0 aromatic heterocycles. The zero-order chi connectivity index (χ0) is 35.0. The van der Waals surface area contributed by atoms with Crippen LogP contribution in [-0.2, 0) is 14.3 Å². The van der Waals surface area contributed by atoms with E-state index >= 15 is 0 Å². The van der Waals surface area contributed by atoms with Crippen LogP contribution in [0.15, 0.2) is 48.6 Å². The highest BCUT2D eigenvalue weighted by atomic mass is 16.5.